The average Bonchev–Trinajstić information content (AvgIpc) is 3.65. The highest BCUT2D eigenvalue weighted by Crippen LogP contribution is 2.45. The van der Waals surface area contributed by atoms with Crippen LogP contribution in [-0.2, 0) is 6.54 Å². The van der Waals surface area contributed by atoms with E-state index < -0.39 is 0 Å². The van der Waals surface area contributed by atoms with Gasteiger partial charge in [0.05, 0.1) is 11.4 Å². The number of nitrogens with one attached hydrogen (secondary N) is 1. The standard InChI is InChI=1S/C38H25N3O2/c1-2-7-24(8-3-1)25-13-14-27-22-28(16-15-26(27)21-25)41(32-11-6-10-29-31-23-39-19-18-35(31)42-37(29)32)33-17-20-40-36-30-9-4-5-12-34(30)43-38(33)36/h1-22,39H,23H2. The number of para-hydroxylation sites is 2. The summed E-state index contributed by atoms with van der Waals surface area (Å²) in [6.45, 7) is 0.727. The van der Waals surface area contributed by atoms with Crippen LogP contribution in [0, 0.1) is 0 Å². The van der Waals surface area contributed by atoms with Gasteiger partial charge < -0.3 is 19.1 Å². The van der Waals surface area contributed by atoms with Crippen LogP contribution in [0.1, 0.15) is 11.3 Å². The third kappa shape index (κ3) is 3.75. The van der Waals surface area contributed by atoms with Gasteiger partial charge in [-0.15, -0.1) is 0 Å². The van der Waals surface area contributed by atoms with Crippen molar-refractivity contribution in [2.75, 3.05) is 4.90 Å². The lowest BCUT2D eigenvalue weighted by molar-refractivity contribution is 0.592. The van der Waals surface area contributed by atoms with E-state index in [0.29, 0.717) is 0 Å². The van der Waals surface area contributed by atoms with E-state index in [2.05, 4.69) is 95.1 Å². The van der Waals surface area contributed by atoms with Crippen LogP contribution in [0.15, 0.2) is 136 Å². The van der Waals surface area contributed by atoms with Crippen LogP contribution in [0.2, 0.25) is 0 Å². The smallest absolute Gasteiger partial charge is 0.177 e. The highest BCUT2D eigenvalue weighted by molar-refractivity contribution is 6.10. The summed E-state index contributed by atoms with van der Waals surface area (Å²) in [5.41, 5.74) is 9.62. The fourth-order valence-corrected chi connectivity index (χ4v) is 6.32. The Kier molecular flexibility index (Phi) is 5.19. The molecule has 3 aromatic heterocycles. The Morgan fingerprint density at radius 1 is 0.651 bits per heavy atom. The molecule has 1 aliphatic rings. The fraction of sp³-hybridized carbons (Fsp3) is 0.0263. The van der Waals surface area contributed by atoms with Gasteiger partial charge in [0.2, 0.25) is 0 Å². The molecule has 5 nitrogen and oxygen atoms in total. The summed E-state index contributed by atoms with van der Waals surface area (Å²) in [5.74, 6) is 0.886. The van der Waals surface area contributed by atoms with Crippen LogP contribution in [0.4, 0.5) is 17.1 Å². The summed E-state index contributed by atoms with van der Waals surface area (Å²) < 4.78 is 13.1. The number of benzene rings is 5. The van der Waals surface area contributed by atoms with Gasteiger partial charge in [-0.1, -0.05) is 72.8 Å². The molecule has 8 aromatic rings. The third-order valence-corrected chi connectivity index (χ3v) is 8.37. The molecule has 0 atom stereocenters. The van der Waals surface area contributed by atoms with E-state index in [4.69, 9.17) is 13.8 Å². The number of hydrogen-bond donors (Lipinski definition) is 1. The van der Waals surface area contributed by atoms with E-state index in [9.17, 15) is 0 Å². The molecule has 204 valence electrons. The maximum Gasteiger partial charge on any atom is 0.177 e. The van der Waals surface area contributed by atoms with Gasteiger partial charge in [-0.25, -0.2) is 0 Å². The first-order valence-corrected chi connectivity index (χ1v) is 14.4. The van der Waals surface area contributed by atoms with E-state index in [-0.39, 0.29) is 0 Å². The zero-order chi connectivity index (χ0) is 28.3. The molecule has 0 spiro atoms. The van der Waals surface area contributed by atoms with Gasteiger partial charge in [-0.05, 0) is 70.4 Å². The second kappa shape index (κ2) is 9.36. The number of aromatic nitrogens is 1. The molecule has 1 N–H and O–H groups in total. The van der Waals surface area contributed by atoms with Crippen molar-refractivity contribution in [1.29, 1.82) is 0 Å². The SMILES string of the molecule is C1=Cc2oc3c(N(c4ccc5cc(-c6ccccc6)ccc5c4)c4ccnc5c4oc4ccccc45)cccc3c2CN1. The molecule has 9 rings (SSSR count). The van der Waals surface area contributed by atoms with Crippen LogP contribution in [-0.4, -0.2) is 4.98 Å². The Bertz CT molecular complexity index is 2360. The van der Waals surface area contributed by atoms with Crippen molar-refractivity contribution in [2.24, 2.45) is 0 Å². The van der Waals surface area contributed by atoms with Gasteiger partial charge in [0, 0.05) is 41.0 Å². The van der Waals surface area contributed by atoms with Crippen LogP contribution in [0.25, 0.3) is 61.0 Å². The van der Waals surface area contributed by atoms with Crippen LogP contribution < -0.4 is 10.2 Å². The van der Waals surface area contributed by atoms with Crippen molar-refractivity contribution in [1.82, 2.24) is 10.3 Å². The van der Waals surface area contributed by atoms with Gasteiger partial charge in [0.25, 0.3) is 0 Å². The maximum absolute atomic E-state index is 6.55. The average molecular weight is 556 g/mol. The molecule has 5 heteroatoms. The Balaban J connectivity index is 1.29. The Hall–Kier alpha value is -5.81. The topological polar surface area (TPSA) is 54.4 Å². The lowest BCUT2D eigenvalue weighted by Crippen LogP contribution is -2.11. The number of hydrogen-bond acceptors (Lipinski definition) is 5. The molecule has 43 heavy (non-hydrogen) atoms. The maximum atomic E-state index is 6.55. The van der Waals surface area contributed by atoms with Crippen molar-refractivity contribution in [3.63, 3.8) is 0 Å². The minimum atomic E-state index is 0.727. The summed E-state index contributed by atoms with van der Waals surface area (Å²) in [6.07, 6.45) is 5.80. The first kappa shape index (κ1) is 23.9. The van der Waals surface area contributed by atoms with Crippen molar-refractivity contribution in [3.8, 4) is 11.1 Å². The van der Waals surface area contributed by atoms with Crippen molar-refractivity contribution >= 4 is 66.9 Å². The molecule has 0 bridgehead atoms. The molecule has 0 saturated carbocycles. The predicted octanol–water partition coefficient (Wildman–Crippen LogP) is 10.1. The van der Waals surface area contributed by atoms with Gasteiger partial charge in [-0.3, -0.25) is 4.98 Å². The molecule has 0 radical (unpaired) electrons. The van der Waals surface area contributed by atoms with Gasteiger partial charge in [0.15, 0.2) is 11.2 Å². The first-order chi connectivity index (χ1) is 21.3. The number of furan rings is 2. The van der Waals surface area contributed by atoms with Crippen LogP contribution in [0.5, 0.6) is 0 Å². The Morgan fingerprint density at radius 3 is 2.42 bits per heavy atom. The van der Waals surface area contributed by atoms with E-state index in [1.165, 1.54) is 16.5 Å². The quantitative estimate of drug-likeness (QED) is 0.234. The summed E-state index contributed by atoms with van der Waals surface area (Å²) in [4.78, 5) is 6.98. The molecule has 0 saturated heterocycles. The lowest BCUT2D eigenvalue weighted by atomic mass is 10.0. The third-order valence-electron chi connectivity index (χ3n) is 8.37. The number of rotatable bonds is 4. The Morgan fingerprint density at radius 2 is 1.47 bits per heavy atom. The first-order valence-electron chi connectivity index (χ1n) is 14.4. The zero-order valence-electron chi connectivity index (χ0n) is 23.1. The monoisotopic (exact) mass is 555 g/mol. The van der Waals surface area contributed by atoms with Crippen molar-refractivity contribution < 1.29 is 8.83 Å². The highest BCUT2D eigenvalue weighted by Gasteiger charge is 2.25. The van der Waals surface area contributed by atoms with Gasteiger partial charge >= 0.3 is 0 Å². The summed E-state index contributed by atoms with van der Waals surface area (Å²) in [6, 6.07) is 40.2. The molecule has 0 unspecified atom stereocenters. The normalized spacial score (nSPS) is 12.7. The molecular weight excluding hydrogens is 530 g/mol. The molecule has 0 aliphatic carbocycles. The summed E-state index contributed by atoms with van der Waals surface area (Å²) >= 11 is 0. The lowest BCUT2D eigenvalue weighted by Gasteiger charge is -2.25. The highest BCUT2D eigenvalue weighted by atomic mass is 16.3. The Labute approximate surface area is 247 Å². The van der Waals surface area contributed by atoms with Crippen LogP contribution >= 0.6 is 0 Å². The van der Waals surface area contributed by atoms with Gasteiger partial charge in [0.1, 0.15) is 16.9 Å². The second-order valence-electron chi connectivity index (χ2n) is 10.9. The summed E-state index contributed by atoms with van der Waals surface area (Å²) in [7, 11) is 0. The van der Waals surface area contributed by atoms with Crippen molar-refractivity contribution in [2.45, 2.75) is 6.54 Å². The van der Waals surface area contributed by atoms with E-state index in [0.717, 1.165) is 73.4 Å². The minimum Gasteiger partial charge on any atom is -0.454 e. The molecule has 4 heterocycles. The van der Waals surface area contributed by atoms with E-state index in [1.807, 2.05) is 48.8 Å². The molecule has 0 amide bonds. The molecule has 1 aliphatic heterocycles. The number of anilines is 3. The zero-order valence-corrected chi connectivity index (χ0v) is 23.1. The minimum absolute atomic E-state index is 0.727. The molecule has 0 fully saturated rings. The number of pyridine rings is 1. The van der Waals surface area contributed by atoms with Gasteiger partial charge in [-0.2, -0.15) is 0 Å². The summed E-state index contributed by atoms with van der Waals surface area (Å²) in [5, 5.41) is 7.74. The van der Waals surface area contributed by atoms with E-state index >= 15 is 0 Å². The van der Waals surface area contributed by atoms with Crippen LogP contribution in [0.3, 0.4) is 0 Å². The molecular formula is C38H25N3O2. The predicted molar refractivity (Wildman–Crippen MR) is 175 cm³/mol. The second-order valence-corrected chi connectivity index (χ2v) is 10.9. The number of fused-ring (bicyclic) bond motifs is 7. The number of nitrogens with zero attached hydrogens (tertiary/aromatic N) is 2. The largest absolute Gasteiger partial charge is 0.454 e. The van der Waals surface area contributed by atoms with E-state index in [1.54, 1.807) is 0 Å². The molecule has 5 aromatic carbocycles. The van der Waals surface area contributed by atoms with Crippen molar-refractivity contribution in [3.05, 3.63) is 139 Å². The fourth-order valence-electron chi connectivity index (χ4n) is 6.32.